The zero-order chi connectivity index (χ0) is 15.7. The third-order valence-corrected chi connectivity index (χ3v) is 4.80. The van der Waals surface area contributed by atoms with Gasteiger partial charge in [0.2, 0.25) is 0 Å². The van der Waals surface area contributed by atoms with Crippen LogP contribution in [-0.2, 0) is 5.41 Å². The van der Waals surface area contributed by atoms with Crippen molar-refractivity contribution in [1.29, 1.82) is 0 Å². The van der Waals surface area contributed by atoms with Crippen LogP contribution in [0.5, 0.6) is 0 Å². The van der Waals surface area contributed by atoms with Crippen molar-refractivity contribution in [3.8, 4) is 10.6 Å². The molecule has 0 saturated heterocycles. The molecule has 0 fully saturated rings. The molecule has 0 unspecified atom stereocenters. The van der Waals surface area contributed by atoms with Gasteiger partial charge in [0.1, 0.15) is 5.82 Å². The smallest absolute Gasteiger partial charge is 0.153 e. The minimum Gasteiger partial charge on any atom is -0.240 e. The second-order valence-corrected chi connectivity index (χ2v) is 6.77. The number of hydrogen-bond acceptors (Lipinski definition) is 4. The van der Waals surface area contributed by atoms with Gasteiger partial charge < -0.3 is 0 Å². The van der Waals surface area contributed by atoms with E-state index in [9.17, 15) is 0 Å². The summed E-state index contributed by atoms with van der Waals surface area (Å²) >= 11 is 1.49. The standard InChI is InChI=1S/C18H18N3S/c1-12-5-7-14(8-6-12)18(3,4)17-19-10-9-15(21-17)16-13(2)20-11-22-16/h5-10H,1-4H3. The molecule has 2 aromatic heterocycles. The second kappa shape index (κ2) is 5.61. The SMILES string of the molecule is Cc1ccc(C(C)(C)c2nccc(-c3s[c]nc3C)n2)cc1. The normalized spacial score (nSPS) is 11.6. The van der Waals surface area contributed by atoms with Crippen molar-refractivity contribution >= 4 is 11.3 Å². The van der Waals surface area contributed by atoms with Crippen LogP contribution in [-0.4, -0.2) is 15.0 Å². The van der Waals surface area contributed by atoms with Crippen LogP contribution >= 0.6 is 11.3 Å². The van der Waals surface area contributed by atoms with E-state index in [4.69, 9.17) is 4.98 Å². The summed E-state index contributed by atoms with van der Waals surface area (Å²) in [6.45, 7) is 8.39. The van der Waals surface area contributed by atoms with Gasteiger partial charge in [-0.05, 0) is 39.3 Å². The largest absolute Gasteiger partial charge is 0.240 e. The van der Waals surface area contributed by atoms with Crippen molar-refractivity contribution in [2.24, 2.45) is 0 Å². The quantitative estimate of drug-likeness (QED) is 0.722. The average molecular weight is 308 g/mol. The minimum absolute atomic E-state index is 0.244. The lowest BCUT2D eigenvalue weighted by Crippen LogP contribution is -2.22. The summed E-state index contributed by atoms with van der Waals surface area (Å²) in [5.41, 5.74) is 7.02. The Morgan fingerprint density at radius 1 is 1.05 bits per heavy atom. The van der Waals surface area contributed by atoms with E-state index in [2.05, 4.69) is 60.5 Å². The molecule has 0 amide bonds. The summed E-state index contributed by atoms with van der Waals surface area (Å²) in [6, 6.07) is 10.5. The van der Waals surface area contributed by atoms with Gasteiger partial charge in [-0.15, -0.1) is 11.3 Å². The molecule has 3 rings (SSSR count). The Morgan fingerprint density at radius 3 is 2.41 bits per heavy atom. The molecule has 0 saturated carbocycles. The van der Waals surface area contributed by atoms with Crippen molar-refractivity contribution < 1.29 is 0 Å². The Morgan fingerprint density at radius 2 is 1.77 bits per heavy atom. The number of aromatic nitrogens is 3. The summed E-state index contributed by atoms with van der Waals surface area (Å²) in [6.07, 6.45) is 1.83. The van der Waals surface area contributed by atoms with Gasteiger partial charge >= 0.3 is 0 Å². The van der Waals surface area contributed by atoms with E-state index in [0.29, 0.717) is 0 Å². The van der Waals surface area contributed by atoms with Gasteiger partial charge in [0.15, 0.2) is 5.51 Å². The molecule has 3 aromatic rings. The number of rotatable bonds is 3. The van der Waals surface area contributed by atoms with Crippen molar-refractivity contribution in [3.63, 3.8) is 0 Å². The number of hydrogen-bond donors (Lipinski definition) is 0. The fraction of sp³-hybridized carbons (Fsp3) is 0.278. The van der Waals surface area contributed by atoms with Crippen LogP contribution < -0.4 is 0 Å². The highest BCUT2D eigenvalue weighted by molar-refractivity contribution is 7.12. The van der Waals surface area contributed by atoms with Gasteiger partial charge in [-0.1, -0.05) is 29.8 Å². The first-order valence-corrected chi connectivity index (χ1v) is 8.04. The van der Waals surface area contributed by atoms with Gasteiger partial charge in [0.25, 0.3) is 0 Å². The number of aryl methyl sites for hydroxylation is 2. The molecule has 0 aliphatic rings. The maximum atomic E-state index is 4.79. The van der Waals surface area contributed by atoms with Gasteiger partial charge in [-0.25, -0.2) is 15.0 Å². The zero-order valence-corrected chi connectivity index (χ0v) is 14.0. The van der Waals surface area contributed by atoms with Gasteiger partial charge in [0.05, 0.1) is 16.3 Å². The highest BCUT2D eigenvalue weighted by atomic mass is 32.1. The van der Waals surface area contributed by atoms with Crippen LogP contribution in [0.15, 0.2) is 36.5 Å². The summed E-state index contributed by atoms with van der Waals surface area (Å²) in [5, 5.41) is 0. The molecule has 0 atom stereocenters. The Hall–Kier alpha value is -2.07. The van der Waals surface area contributed by atoms with E-state index in [-0.39, 0.29) is 5.41 Å². The lowest BCUT2D eigenvalue weighted by Gasteiger charge is -2.24. The topological polar surface area (TPSA) is 38.7 Å². The first-order chi connectivity index (χ1) is 10.5. The first-order valence-electron chi connectivity index (χ1n) is 7.23. The first kappa shape index (κ1) is 14.9. The Labute approximate surface area is 135 Å². The lowest BCUT2D eigenvalue weighted by molar-refractivity contribution is 0.590. The molecule has 111 valence electrons. The number of nitrogens with zero attached hydrogens (tertiary/aromatic N) is 3. The Kier molecular flexibility index (Phi) is 3.79. The molecule has 0 aliphatic heterocycles. The van der Waals surface area contributed by atoms with Crippen molar-refractivity contribution in [2.45, 2.75) is 33.1 Å². The zero-order valence-electron chi connectivity index (χ0n) is 13.2. The van der Waals surface area contributed by atoms with Crippen LogP contribution in [0.25, 0.3) is 10.6 Å². The van der Waals surface area contributed by atoms with Crippen molar-refractivity contribution in [2.75, 3.05) is 0 Å². The third-order valence-electron chi connectivity index (χ3n) is 3.91. The van der Waals surface area contributed by atoms with Gasteiger partial charge in [0, 0.05) is 11.6 Å². The molecule has 3 nitrogen and oxygen atoms in total. The maximum Gasteiger partial charge on any atom is 0.153 e. The summed E-state index contributed by atoms with van der Waals surface area (Å²) in [4.78, 5) is 14.5. The van der Waals surface area contributed by atoms with E-state index >= 15 is 0 Å². The molecule has 4 heteroatoms. The van der Waals surface area contributed by atoms with Crippen LogP contribution in [0.3, 0.4) is 0 Å². The third kappa shape index (κ3) is 2.66. The van der Waals surface area contributed by atoms with Gasteiger partial charge in [-0.2, -0.15) is 0 Å². The van der Waals surface area contributed by atoms with Crippen LogP contribution in [0.1, 0.15) is 36.5 Å². The molecule has 0 spiro atoms. The lowest BCUT2D eigenvalue weighted by atomic mass is 9.83. The second-order valence-electron chi connectivity index (χ2n) is 5.98. The number of benzene rings is 1. The molecular weight excluding hydrogens is 290 g/mol. The number of thiazole rings is 1. The fourth-order valence-corrected chi connectivity index (χ4v) is 3.07. The molecular formula is C18H18N3S. The molecule has 0 bridgehead atoms. The van der Waals surface area contributed by atoms with Crippen molar-refractivity contribution in [3.05, 3.63) is 64.7 Å². The minimum atomic E-state index is -0.244. The fourth-order valence-electron chi connectivity index (χ4n) is 2.38. The molecule has 1 aromatic carbocycles. The maximum absolute atomic E-state index is 4.79. The molecule has 0 aliphatic carbocycles. The predicted octanol–water partition coefficient (Wildman–Crippen LogP) is 4.34. The summed E-state index contributed by atoms with van der Waals surface area (Å²) in [7, 11) is 0. The highest BCUT2D eigenvalue weighted by Crippen LogP contribution is 2.31. The van der Waals surface area contributed by atoms with Crippen molar-refractivity contribution in [1.82, 2.24) is 15.0 Å². The average Bonchev–Trinajstić information content (AvgIpc) is 2.94. The Balaban J connectivity index is 2.04. The van der Waals surface area contributed by atoms with E-state index in [1.165, 1.54) is 22.5 Å². The molecule has 0 N–H and O–H groups in total. The van der Waals surface area contributed by atoms with E-state index in [0.717, 1.165) is 22.1 Å². The Bertz CT molecular complexity index is 788. The van der Waals surface area contributed by atoms with Gasteiger partial charge in [-0.3, -0.25) is 0 Å². The van der Waals surface area contributed by atoms with E-state index in [1.807, 2.05) is 19.2 Å². The molecule has 1 radical (unpaired) electrons. The predicted molar refractivity (Wildman–Crippen MR) is 90.0 cm³/mol. The van der Waals surface area contributed by atoms with Crippen LogP contribution in [0, 0.1) is 19.4 Å². The van der Waals surface area contributed by atoms with Crippen LogP contribution in [0.2, 0.25) is 0 Å². The van der Waals surface area contributed by atoms with Crippen LogP contribution in [0.4, 0.5) is 0 Å². The van der Waals surface area contributed by atoms with E-state index in [1.54, 1.807) is 0 Å². The highest BCUT2D eigenvalue weighted by Gasteiger charge is 2.26. The molecule has 22 heavy (non-hydrogen) atoms. The molecule has 2 heterocycles. The summed E-state index contributed by atoms with van der Waals surface area (Å²) < 4.78 is 0. The van der Waals surface area contributed by atoms with E-state index < -0.39 is 0 Å². The monoisotopic (exact) mass is 308 g/mol. The summed E-state index contributed by atoms with van der Waals surface area (Å²) in [5.74, 6) is 0.821.